The molecule has 4 nitrogen and oxygen atoms in total. The van der Waals surface area contributed by atoms with E-state index in [1.165, 1.54) is 23.5 Å². The Morgan fingerprint density at radius 2 is 1.70 bits per heavy atom. The number of likely N-dealkylation sites (N-methyl/N-ethyl adjacent to an activating group) is 1. The van der Waals surface area contributed by atoms with Gasteiger partial charge < -0.3 is 10.6 Å². The van der Waals surface area contributed by atoms with Gasteiger partial charge in [0.2, 0.25) is 0 Å². The lowest BCUT2D eigenvalue weighted by molar-refractivity contribution is -0.117. The van der Waals surface area contributed by atoms with Gasteiger partial charge in [0.25, 0.3) is 11.8 Å². The molecule has 0 saturated carbocycles. The highest BCUT2D eigenvalue weighted by Gasteiger charge is 2.17. The molecule has 2 amide bonds. The summed E-state index contributed by atoms with van der Waals surface area (Å²) >= 11 is 2.87. The van der Waals surface area contributed by atoms with Gasteiger partial charge in [-0.1, -0.05) is 18.2 Å². The molecule has 20 heavy (non-hydrogen) atoms. The fraction of sp³-hybridized carbons (Fsp3) is 0.286. The SMILES string of the molecule is CCNC(=O)C(NC(=O)c1ccccc1)=C(SC)SC. The van der Waals surface area contributed by atoms with E-state index in [0.717, 1.165) is 4.24 Å². The van der Waals surface area contributed by atoms with Gasteiger partial charge in [0.15, 0.2) is 0 Å². The van der Waals surface area contributed by atoms with E-state index in [1.807, 2.05) is 25.5 Å². The molecule has 0 atom stereocenters. The Morgan fingerprint density at radius 3 is 2.20 bits per heavy atom. The van der Waals surface area contributed by atoms with E-state index in [1.54, 1.807) is 24.3 Å². The number of benzene rings is 1. The van der Waals surface area contributed by atoms with Crippen LogP contribution in [-0.4, -0.2) is 30.9 Å². The molecule has 1 aromatic rings. The van der Waals surface area contributed by atoms with E-state index in [9.17, 15) is 9.59 Å². The second-order valence-corrected chi connectivity index (χ2v) is 5.64. The van der Waals surface area contributed by atoms with Gasteiger partial charge in [-0.3, -0.25) is 9.59 Å². The number of thioether (sulfide) groups is 2. The second kappa shape index (κ2) is 8.71. The lowest BCUT2D eigenvalue weighted by Gasteiger charge is -2.13. The maximum atomic E-state index is 12.2. The van der Waals surface area contributed by atoms with Crippen molar-refractivity contribution in [2.45, 2.75) is 6.92 Å². The van der Waals surface area contributed by atoms with Crippen LogP contribution in [0.25, 0.3) is 0 Å². The van der Waals surface area contributed by atoms with Crippen molar-refractivity contribution in [3.05, 3.63) is 45.8 Å². The summed E-state index contributed by atoms with van der Waals surface area (Å²) in [4.78, 5) is 24.2. The minimum atomic E-state index is -0.285. The first-order valence-corrected chi connectivity index (χ1v) is 8.55. The number of carbonyl (C=O) groups excluding carboxylic acids is 2. The maximum absolute atomic E-state index is 12.2. The number of amides is 2. The van der Waals surface area contributed by atoms with Gasteiger partial charge in [0, 0.05) is 12.1 Å². The summed E-state index contributed by atoms with van der Waals surface area (Å²) in [6.45, 7) is 2.35. The first-order valence-electron chi connectivity index (χ1n) is 6.10. The van der Waals surface area contributed by atoms with Crippen LogP contribution in [0.1, 0.15) is 17.3 Å². The Bertz CT molecular complexity index is 495. The lowest BCUT2D eigenvalue weighted by Crippen LogP contribution is -2.35. The third-order valence-electron chi connectivity index (χ3n) is 2.41. The van der Waals surface area contributed by atoms with Crippen molar-refractivity contribution < 1.29 is 9.59 Å². The zero-order chi connectivity index (χ0) is 15.0. The Labute approximate surface area is 127 Å². The van der Waals surface area contributed by atoms with Gasteiger partial charge in [-0.05, 0) is 31.6 Å². The number of hydrogen-bond donors (Lipinski definition) is 2. The normalized spacial score (nSPS) is 9.75. The molecule has 0 bridgehead atoms. The van der Waals surface area contributed by atoms with Gasteiger partial charge in [-0.25, -0.2) is 0 Å². The molecule has 6 heteroatoms. The highest BCUT2D eigenvalue weighted by Crippen LogP contribution is 2.26. The van der Waals surface area contributed by atoms with Gasteiger partial charge >= 0.3 is 0 Å². The third-order valence-corrected chi connectivity index (χ3v) is 4.56. The Hall–Kier alpha value is -1.40. The molecule has 0 radical (unpaired) electrons. The standard InChI is InChI=1S/C14H18N2O2S2/c1-4-15-13(18)11(14(19-2)20-3)16-12(17)10-8-6-5-7-9-10/h5-9H,4H2,1-3H3,(H,15,18)(H,16,17). The van der Waals surface area contributed by atoms with Crippen LogP contribution in [0.2, 0.25) is 0 Å². The van der Waals surface area contributed by atoms with Crippen LogP contribution in [0.5, 0.6) is 0 Å². The van der Waals surface area contributed by atoms with E-state index in [-0.39, 0.29) is 11.8 Å². The molecule has 1 rings (SSSR count). The summed E-state index contributed by atoms with van der Waals surface area (Å²) in [5.74, 6) is -0.553. The zero-order valence-electron chi connectivity index (χ0n) is 11.7. The van der Waals surface area contributed by atoms with Crippen molar-refractivity contribution in [3.8, 4) is 0 Å². The van der Waals surface area contributed by atoms with Crippen LogP contribution in [0.4, 0.5) is 0 Å². The lowest BCUT2D eigenvalue weighted by atomic mass is 10.2. The molecule has 0 spiro atoms. The van der Waals surface area contributed by atoms with E-state index >= 15 is 0 Å². The molecule has 0 saturated heterocycles. The zero-order valence-corrected chi connectivity index (χ0v) is 13.4. The molecule has 0 unspecified atom stereocenters. The van der Waals surface area contributed by atoms with Crippen LogP contribution >= 0.6 is 23.5 Å². The predicted octanol–water partition coefficient (Wildman–Crippen LogP) is 2.45. The molecule has 0 aliphatic heterocycles. The average molecular weight is 310 g/mol. The van der Waals surface area contributed by atoms with Gasteiger partial charge in [-0.15, -0.1) is 23.5 Å². The molecule has 1 aromatic carbocycles. The van der Waals surface area contributed by atoms with E-state index in [4.69, 9.17) is 0 Å². The molecule has 0 aromatic heterocycles. The van der Waals surface area contributed by atoms with Crippen molar-refractivity contribution in [1.82, 2.24) is 10.6 Å². The largest absolute Gasteiger partial charge is 0.351 e. The van der Waals surface area contributed by atoms with Gasteiger partial charge in [0.05, 0.1) is 4.24 Å². The Balaban J connectivity index is 2.99. The van der Waals surface area contributed by atoms with E-state index in [2.05, 4.69) is 10.6 Å². The number of carbonyl (C=O) groups is 2. The summed E-state index contributed by atoms with van der Waals surface area (Å²) in [6.07, 6.45) is 3.75. The summed E-state index contributed by atoms with van der Waals surface area (Å²) in [6, 6.07) is 8.83. The topological polar surface area (TPSA) is 58.2 Å². The van der Waals surface area contributed by atoms with Crippen molar-refractivity contribution >= 4 is 35.3 Å². The highest BCUT2D eigenvalue weighted by atomic mass is 32.2. The first kappa shape index (κ1) is 16.7. The average Bonchev–Trinajstić information content (AvgIpc) is 2.48. The summed E-state index contributed by atoms with van der Waals surface area (Å²) in [5.41, 5.74) is 0.830. The monoisotopic (exact) mass is 310 g/mol. The molecular formula is C14H18N2O2S2. The number of rotatable bonds is 6. The Kier molecular flexibility index (Phi) is 7.25. The van der Waals surface area contributed by atoms with Crippen LogP contribution in [0.15, 0.2) is 40.3 Å². The molecule has 0 aliphatic carbocycles. The summed E-state index contributed by atoms with van der Waals surface area (Å²) in [7, 11) is 0. The van der Waals surface area contributed by atoms with Crippen LogP contribution in [0, 0.1) is 0 Å². The van der Waals surface area contributed by atoms with E-state index in [0.29, 0.717) is 17.8 Å². The van der Waals surface area contributed by atoms with Crippen molar-refractivity contribution in [2.24, 2.45) is 0 Å². The predicted molar refractivity (Wildman–Crippen MR) is 86.6 cm³/mol. The minimum Gasteiger partial charge on any atom is -0.351 e. The third kappa shape index (κ3) is 4.61. The van der Waals surface area contributed by atoms with Crippen LogP contribution < -0.4 is 10.6 Å². The molecule has 0 fully saturated rings. The smallest absolute Gasteiger partial charge is 0.269 e. The fourth-order valence-electron chi connectivity index (χ4n) is 1.51. The highest BCUT2D eigenvalue weighted by molar-refractivity contribution is 8.21. The molecule has 2 N–H and O–H groups in total. The number of hydrogen-bond acceptors (Lipinski definition) is 4. The minimum absolute atomic E-state index is 0.268. The molecule has 0 heterocycles. The van der Waals surface area contributed by atoms with E-state index < -0.39 is 0 Å². The fourth-order valence-corrected chi connectivity index (χ4v) is 2.87. The van der Waals surface area contributed by atoms with Crippen LogP contribution in [0.3, 0.4) is 0 Å². The van der Waals surface area contributed by atoms with Crippen molar-refractivity contribution in [3.63, 3.8) is 0 Å². The first-order chi connectivity index (χ1) is 9.63. The maximum Gasteiger partial charge on any atom is 0.269 e. The molecule has 0 aliphatic rings. The summed E-state index contributed by atoms with van der Waals surface area (Å²) < 4.78 is 0.778. The van der Waals surface area contributed by atoms with Gasteiger partial charge in [0.1, 0.15) is 5.70 Å². The quantitative estimate of drug-likeness (QED) is 0.793. The van der Waals surface area contributed by atoms with Crippen molar-refractivity contribution in [2.75, 3.05) is 19.1 Å². The van der Waals surface area contributed by atoms with Crippen molar-refractivity contribution in [1.29, 1.82) is 0 Å². The Morgan fingerprint density at radius 1 is 1.10 bits per heavy atom. The number of nitrogens with one attached hydrogen (secondary N) is 2. The van der Waals surface area contributed by atoms with Crippen LogP contribution in [-0.2, 0) is 4.79 Å². The molecular weight excluding hydrogens is 292 g/mol. The van der Waals surface area contributed by atoms with Gasteiger partial charge in [-0.2, -0.15) is 0 Å². The summed E-state index contributed by atoms with van der Waals surface area (Å²) in [5, 5.41) is 5.42. The molecule has 108 valence electrons. The second-order valence-electron chi connectivity index (χ2n) is 3.75.